The minimum absolute atomic E-state index is 0.0329. The third kappa shape index (κ3) is 3.64. The molecule has 4 aromatic rings. The normalized spacial score (nSPS) is 11.1. The molecule has 0 aliphatic rings. The van der Waals surface area contributed by atoms with Gasteiger partial charge in [0, 0.05) is 35.3 Å². The van der Waals surface area contributed by atoms with Gasteiger partial charge in [0.05, 0.1) is 25.4 Å². The highest BCUT2D eigenvalue weighted by Gasteiger charge is 2.16. The van der Waals surface area contributed by atoms with Crippen LogP contribution in [0.4, 0.5) is 4.39 Å². The Morgan fingerprint density at radius 2 is 2.14 bits per heavy atom. The fourth-order valence-corrected chi connectivity index (χ4v) is 3.14. The Kier molecular flexibility index (Phi) is 4.90. The van der Waals surface area contributed by atoms with E-state index in [1.165, 1.54) is 19.5 Å². The van der Waals surface area contributed by atoms with E-state index >= 15 is 0 Å². The quantitative estimate of drug-likeness (QED) is 0.480. The van der Waals surface area contributed by atoms with Crippen molar-refractivity contribution in [2.24, 2.45) is 0 Å². The van der Waals surface area contributed by atoms with Gasteiger partial charge in [0.1, 0.15) is 30.0 Å². The van der Waals surface area contributed by atoms with Gasteiger partial charge in [-0.3, -0.25) is 9.59 Å². The molecule has 148 valence electrons. The zero-order valence-corrected chi connectivity index (χ0v) is 15.5. The predicted molar refractivity (Wildman–Crippen MR) is 102 cm³/mol. The van der Waals surface area contributed by atoms with E-state index in [0.717, 1.165) is 11.6 Å². The molecule has 0 atom stereocenters. The molecule has 4 rings (SSSR count). The van der Waals surface area contributed by atoms with E-state index in [4.69, 9.17) is 0 Å². The number of hydrogen-bond acceptors (Lipinski definition) is 6. The summed E-state index contributed by atoms with van der Waals surface area (Å²) >= 11 is 0. The van der Waals surface area contributed by atoms with Crippen LogP contribution in [0.15, 0.2) is 37.1 Å². The van der Waals surface area contributed by atoms with E-state index < -0.39 is 11.8 Å². The molecule has 0 bridgehead atoms. The highest BCUT2D eigenvalue weighted by molar-refractivity contribution is 6.01. The summed E-state index contributed by atoms with van der Waals surface area (Å²) in [6, 6.07) is 3.20. The van der Waals surface area contributed by atoms with Gasteiger partial charge in [0.25, 0.3) is 0 Å². The van der Waals surface area contributed by atoms with Crippen LogP contribution in [0.25, 0.3) is 33.3 Å². The van der Waals surface area contributed by atoms with Crippen molar-refractivity contribution < 1.29 is 18.7 Å². The van der Waals surface area contributed by atoms with Gasteiger partial charge in [-0.2, -0.15) is 0 Å². The molecule has 2 N–H and O–H groups in total. The van der Waals surface area contributed by atoms with Gasteiger partial charge in [-0.25, -0.2) is 19.3 Å². The van der Waals surface area contributed by atoms with Gasteiger partial charge in [-0.05, 0) is 12.1 Å². The standard InChI is InChI=1S/C19H17FN6O3/c1-29-16(28)2-4-21-15(27)9-26-5-3-12-17(24-10-25-19(12)26)14-8-23-18-13(14)6-11(20)7-22-18/h3,5-8,10H,2,4,9H2,1H3,(H,21,27)(H,22,23). The van der Waals surface area contributed by atoms with Gasteiger partial charge in [0.15, 0.2) is 0 Å². The Labute approximate surface area is 163 Å². The number of amides is 1. The number of halogens is 1. The molecule has 0 spiro atoms. The summed E-state index contributed by atoms with van der Waals surface area (Å²) in [6.45, 7) is 0.226. The number of carbonyl (C=O) groups excluding carboxylic acids is 2. The van der Waals surface area contributed by atoms with E-state index in [9.17, 15) is 14.0 Å². The minimum atomic E-state index is -0.440. The average molecular weight is 396 g/mol. The van der Waals surface area contributed by atoms with Gasteiger partial charge < -0.3 is 19.6 Å². The monoisotopic (exact) mass is 396 g/mol. The maximum atomic E-state index is 13.7. The second kappa shape index (κ2) is 7.66. The second-order valence-corrected chi connectivity index (χ2v) is 6.33. The minimum Gasteiger partial charge on any atom is -0.469 e. The Morgan fingerprint density at radius 1 is 1.28 bits per heavy atom. The number of hydrogen-bond donors (Lipinski definition) is 2. The molecule has 0 unspecified atom stereocenters. The van der Waals surface area contributed by atoms with Crippen molar-refractivity contribution in [3.05, 3.63) is 42.9 Å². The molecule has 0 saturated heterocycles. The van der Waals surface area contributed by atoms with Gasteiger partial charge >= 0.3 is 5.97 Å². The first-order chi connectivity index (χ1) is 14.1. The Morgan fingerprint density at radius 3 is 2.97 bits per heavy atom. The smallest absolute Gasteiger partial charge is 0.307 e. The van der Waals surface area contributed by atoms with Crippen molar-refractivity contribution >= 4 is 33.9 Å². The number of nitrogens with one attached hydrogen (secondary N) is 2. The lowest BCUT2D eigenvalue weighted by Crippen LogP contribution is -2.29. The van der Waals surface area contributed by atoms with Crippen molar-refractivity contribution in [2.45, 2.75) is 13.0 Å². The first-order valence-corrected chi connectivity index (χ1v) is 8.83. The van der Waals surface area contributed by atoms with Crippen LogP contribution in [0.2, 0.25) is 0 Å². The van der Waals surface area contributed by atoms with Crippen LogP contribution in [0.1, 0.15) is 6.42 Å². The number of H-pyrrole nitrogens is 1. The first-order valence-electron chi connectivity index (χ1n) is 8.83. The zero-order chi connectivity index (χ0) is 20.4. The molecule has 4 aromatic heterocycles. The average Bonchev–Trinajstić information content (AvgIpc) is 3.31. The molecule has 10 heteroatoms. The molecule has 29 heavy (non-hydrogen) atoms. The molecule has 0 radical (unpaired) electrons. The SMILES string of the molecule is COC(=O)CCNC(=O)Cn1ccc2c(-c3c[nH]c4ncc(F)cc34)ncnc21. The number of carbonyl (C=O) groups is 2. The van der Waals surface area contributed by atoms with Crippen LogP contribution in [-0.2, 0) is 20.9 Å². The van der Waals surface area contributed by atoms with Crippen molar-refractivity contribution in [3.63, 3.8) is 0 Å². The third-order valence-corrected chi connectivity index (χ3v) is 4.50. The Hall–Kier alpha value is -3.82. The number of fused-ring (bicyclic) bond motifs is 2. The van der Waals surface area contributed by atoms with E-state index in [1.807, 2.05) is 0 Å². The molecule has 9 nitrogen and oxygen atoms in total. The molecule has 0 fully saturated rings. The van der Waals surface area contributed by atoms with E-state index in [2.05, 4.69) is 30.0 Å². The first kappa shape index (κ1) is 18.5. The Bertz CT molecular complexity index is 1220. The van der Waals surface area contributed by atoms with Crippen LogP contribution in [-0.4, -0.2) is 50.0 Å². The summed E-state index contributed by atoms with van der Waals surface area (Å²) in [7, 11) is 1.30. The molecule has 1 amide bonds. The van der Waals surface area contributed by atoms with Gasteiger partial charge in [-0.1, -0.05) is 0 Å². The number of ether oxygens (including phenoxy) is 1. The van der Waals surface area contributed by atoms with Gasteiger partial charge in [-0.15, -0.1) is 0 Å². The summed E-state index contributed by atoms with van der Waals surface area (Å²) in [5.74, 6) is -1.09. The number of rotatable bonds is 6. The summed E-state index contributed by atoms with van der Waals surface area (Å²) in [4.78, 5) is 39.0. The van der Waals surface area contributed by atoms with E-state index in [1.54, 1.807) is 23.0 Å². The molecule has 0 aromatic carbocycles. The van der Waals surface area contributed by atoms with Crippen molar-refractivity contribution in [2.75, 3.05) is 13.7 Å². The molecule has 4 heterocycles. The van der Waals surface area contributed by atoms with Crippen molar-refractivity contribution in [1.82, 2.24) is 29.8 Å². The topological polar surface area (TPSA) is 115 Å². The lowest BCUT2D eigenvalue weighted by molar-refractivity contribution is -0.140. The maximum Gasteiger partial charge on any atom is 0.307 e. The summed E-state index contributed by atoms with van der Waals surface area (Å²) < 4.78 is 19.9. The number of methoxy groups -OCH3 is 1. The highest BCUT2D eigenvalue weighted by atomic mass is 19.1. The molecule has 0 aliphatic carbocycles. The molecule has 0 saturated carbocycles. The number of esters is 1. The van der Waals surface area contributed by atoms with Crippen LogP contribution in [0.5, 0.6) is 0 Å². The van der Waals surface area contributed by atoms with E-state index in [0.29, 0.717) is 27.9 Å². The molecular formula is C19H17FN6O3. The van der Waals surface area contributed by atoms with Crippen LogP contribution < -0.4 is 5.32 Å². The highest BCUT2D eigenvalue weighted by Crippen LogP contribution is 2.31. The lowest BCUT2D eigenvalue weighted by Gasteiger charge is -2.07. The predicted octanol–water partition coefficient (Wildman–Crippen LogP) is 1.79. The zero-order valence-electron chi connectivity index (χ0n) is 15.5. The van der Waals surface area contributed by atoms with Crippen molar-refractivity contribution in [1.29, 1.82) is 0 Å². The van der Waals surface area contributed by atoms with E-state index in [-0.39, 0.29) is 25.4 Å². The van der Waals surface area contributed by atoms with Crippen LogP contribution in [0, 0.1) is 5.82 Å². The number of pyridine rings is 1. The molecular weight excluding hydrogens is 379 g/mol. The summed E-state index contributed by atoms with van der Waals surface area (Å²) in [5.41, 5.74) is 2.42. The summed E-state index contributed by atoms with van der Waals surface area (Å²) in [5, 5.41) is 4.00. The third-order valence-electron chi connectivity index (χ3n) is 4.50. The van der Waals surface area contributed by atoms with Crippen LogP contribution in [0.3, 0.4) is 0 Å². The number of aromatic nitrogens is 5. The Balaban J connectivity index is 1.61. The number of nitrogens with zero attached hydrogens (tertiary/aromatic N) is 4. The summed E-state index contributed by atoms with van der Waals surface area (Å²) in [6.07, 6.45) is 6.10. The number of aromatic amines is 1. The fraction of sp³-hybridized carbons (Fsp3) is 0.211. The van der Waals surface area contributed by atoms with Crippen molar-refractivity contribution in [3.8, 4) is 11.3 Å². The second-order valence-electron chi connectivity index (χ2n) is 6.33. The lowest BCUT2D eigenvalue weighted by atomic mass is 10.1. The van der Waals surface area contributed by atoms with Gasteiger partial charge in [0.2, 0.25) is 5.91 Å². The fourth-order valence-electron chi connectivity index (χ4n) is 3.14. The van der Waals surface area contributed by atoms with Crippen LogP contribution >= 0.6 is 0 Å². The maximum absolute atomic E-state index is 13.7. The molecule has 0 aliphatic heterocycles. The largest absolute Gasteiger partial charge is 0.469 e.